The number of benzene rings is 2. The molecule has 3 aromatic rings. The molecule has 1 aromatic heterocycles. The van der Waals surface area contributed by atoms with E-state index in [9.17, 15) is 14.0 Å². The lowest BCUT2D eigenvalue weighted by atomic mass is 10.0. The van der Waals surface area contributed by atoms with Crippen LogP contribution < -0.4 is 10.5 Å². The molecule has 0 spiro atoms. The van der Waals surface area contributed by atoms with Crippen molar-refractivity contribution >= 4 is 22.5 Å². The van der Waals surface area contributed by atoms with Crippen LogP contribution in [0.25, 0.3) is 16.6 Å². The number of carbonyl (C=O) groups is 1. The maximum absolute atomic E-state index is 15.5. The van der Waals surface area contributed by atoms with E-state index in [0.717, 1.165) is 16.8 Å². The number of para-hydroxylation sites is 1. The minimum absolute atomic E-state index is 0.128. The van der Waals surface area contributed by atoms with Crippen molar-refractivity contribution in [1.29, 1.82) is 0 Å². The Morgan fingerprint density at radius 1 is 1.15 bits per heavy atom. The van der Waals surface area contributed by atoms with Crippen LogP contribution in [0.1, 0.15) is 23.6 Å². The van der Waals surface area contributed by atoms with Gasteiger partial charge in [0, 0.05) is 44.1 Å². The first-order chi connectivity index (χ1) is 18.8. The van der Waals surface area contributed by atoms with Crippen molar-refractivity contribution in [3.05, 3.63) is 106 Å². The maximum Gasteiger partial charge on any atom is 0.257 e. The summed E-state index contributed by atoms with van der Waals surface area (Å²) in [5, 5.41) is 0.543. The monoisotopic (exact) mass is 527 g/mol. The minimum Gasteiger partial charge on any atom is -0.367 e. The van der Waals surface area contributed by atoms with Crippen LogP contribution in [0.4, 0.5) is 14.5 Å². The smallest absolute Gasteiger partial charge is 0.257 e. The van der Waals surface area contributed by atoms with Gasteiger partial charge in [0.1, 0.15) is 11.6 Å². The first kappa shape index (κ1) is 27.6. The summed E-state index contributed by atoms with van der Waals surface area (Å²) in [6, 6.07) is 10.3. The Kier molecular flexibility index (Phi) is 8.46. The van der Waals surface area contributed by atoms with Crippen LogP contribution in [0.3, 0.4) is 0 Å². The van der Waals surface area contributed by atoms with Crippen molar-refractivity contribution < 1.29 is 13.6 Å². The largest absolute Gasteiger partial charge is 0.367 e. The molecule has 0 saturated carbocycles. The normalized spacial score (nSPS) is 14.2. The quantitative estimate of drug-likeness (QED) is 0.234. The summed E-state index contributed by atoms with van der Waals surface area (Å²) in [6.45, 7) is 9.36. The molecule has 0 N–H and O–H groups in total. The number of hydrogen-bond donors (Lipinski definition) is 0. The maximum atomic E-state index is 15.5. The highest BCUT2D eigenvalue weighted by atomic mass is 19.1. The van der Waals surface area contributed by atoms with Crippen molar-refractivity contribution in [2.45, 2.75) is 26.7 Å². The number of nitrogens with zero attached hydrogens (tertiary/aromatic N) is 3. The Bertz CT molecular complexity index is 1590. The fraction of sp³-hybridized carbons (Fsp3) is 0.250. The van der Waals surface area contributed by atoms with Gasteiger partial charge in [-0.25, -0.2) is 8.78 Å². The molecule has 4 rings (SSSR count). The standard InChI is InChI=1S/C32H31F2N3O2/c1-5-8-9-13-25(33)18-24-19-29-26(20-27(24)34)28(35-14-16-36(17-15-35)30(38)7-3)21-31(39)37(29)32-22(4)11-10-12-23(32)6-2/h1,7-13,19-21H,3,6,14-18H2,2,4H3/b9-8-,25-13+. The second kappa shape index (κ2) is 12.0. The summed E-state index contributed by atoms with van der Waals surface area (Å²) in [4.78, 5) is 29.5. The fourth-order valence-corrected chi connectivity index (χ4v) is 5.07. The van der Waals surface area contributed by atoms with E-state index in [2.05, 4.69) is 12.5 Å². The van der Waals surface area contributed by atoms with E-state index < -0.39 is 11.6 Å². The molecule has 0 radical (unpaired) electrons. The first-order valence-electron chi connectivity index (χ1n) is 12.9. The number of aryl methyl sites for hydroxylation is 2. The van der Waals surface area contributed by atoms with Crippen molar-refractivity contribution in [1.82, 2.24) is 9.47 Å². The molecule has 2 aromatic carbocycles. The molecule has 0 aliphatic carbocycles. The SMILES string of the molecule is C#C/C=C\C=C(\F)Cc1cc2c(cc1F)c(N1CCN(C(=O)C=C)CC1)cc(=O)n2-c1c(C)cccc1CC. The number of hydrogen-bond acceptors (Lipinski definition) is 3. The van der Waals surface area contributed by atoms with Gasteiger partial charge in [-0.1, -0.05) is 43.7 Å². The van der Waals surface area contributed by atoms with Gasteiger partial charge >= 0.3 is 0 Å². The fourth-order valence-electron chi connectivity index (χ4n) is 5.07. The third-order valence-corrected chi connectivity index (χ3v) is 7.02. The Labute approximate surface area is 227 Å². The van der Waals surface area contributed by atoms with E-state index >= 15 is 4.39 Å². The van der Waals surface area contributed by atoms with Crippen LogP contribution in [0.2, 0.25) is 0 Å². The molecule has 1 amide bonds. The Balaban J connectivity index is 1.92. The van der Waals surface area contributed by atoms with Gasteiger partial charge < -0.3 is 9.80 Å². The third-order valence-electron chi connectivity index (χ3n) is 7.02. The van der Waals surface area contributed by atoms with Gasteiger partial charge in [0.2, 0.25) is 5.91 Å². The van der Waals surface area contributed by atoms with Gasteiger partial charge in [0.15, 0.2) is 0 Å². The number of pyridine rings is 1. The molecule has 1 fully saturated rings. The van der Waals surface area contributed by atoms with Gasteiger partial charge in [0.25, 0.3) is 5.56 Å². The first-order valence-corrected chi connectivity index (χ1v) is 12.9. The highest BCUT2D eigenvalue weighted by Crippen LogP contribution is 2.32. The van der Waals surface area contributed by atoms with E-state index in [4.69, 9.17) is 6.42 Å². The van der Waals surface area contributed by atoms with Crippen LogP contribution in [0.5, 0.6) is 0 Å². The molecule has 1 aliphatic heterocycles. The number of terminal acetylenes is 1. The van der Waals surface area contributed by atoms with Crippen LogP contribution in [-0.2, 0) is 17.6 Å². The number of piperazine rings is 1. The van der Waals surface area contributed by atoms with Gasteiger partial charge in [-0.3, -0.25) is 14.2 Å². The second-order valence-electron chi connectivity index (χ2n) is 9.43. The van der Waals surface area contributed by atoms with Gasteiger partial charge in [-0.2, -0.15) is 0 Å². The molecule has 0 unspecified atom stereocenters. The van der Waals surface area contributed by atoms with Crippen molar-refractivity contribution in [3.8, 4) is 18.0 Å². The summed E-state index contributed by atoms with van der Waals surface area (Å²) in [7, 11) is 0. The molecule has 39 heavy (non-hydrogen) atoms. The summed E-state index contributed by atoms with van der Waals surface area (Å²) in [5.41, 5.74) is 3.56. The minimum atomic E-state index is -0.570. The lowest BCUT2D eigenvalue weighted by Gasteiger charge is -2.36. The predicted octanol–water partition coefficient (Wildman–Crippen LogP) is 5.42. The summed E-state index contributed by atoms with van der Waals surface area (Å²) < 4.78 is 31.7. The van der Waals surface area contributed by atoms with E-state index in [1.807, 2.05) is 36.9 Å². The number of fused-ring (bicyclic) bond motifs is 1. The van der Waals surface area contributed by atoms with Crippen LogP contribution in [0.15, 0.2) is 77.9 Å². The molecule has 0 bridgehead atoms. The van der Waals surface area contributed by atoms with E-state index in [0.29, 0.717) is 49.2 Å². The molecule has 0 atom stereocenters. The van der Waals surface area contributed by atoms with Gasteiger partial charge in [-0.05, 0) is 60.4 Å². The van der Waals surface area contributed by atoms with Crippen molar-refractivity contribution in [3.63, 3.8) is 0 Å². The number of allylic oxidation sites excluding steroid dienone is 4. The summed E-state index contributed by atoms with van der Waals surface area (Å²) >= 11 is 0. The summed E-state index contributed by atoms with van der Waals surface area (Å²) in [6.07, 6.45) is 10.8. The van der Waals surface area contributed by atoms with E-state index in [1.165, 1.54) is 36.4 Å². The lowest BCUT2D eigenvalue weighted by Crippen LogP contribution is -2.48. The molecule has 200 valence electrons. The average Bonchev–Trinajstić information content (AvgIpc) is 2.93. The molecule has 7 heteroatoms. The second-order valence-corrected chi connectivity index (χ2v) is 9.43. The Hall–Kier alpha value is -4.44. The number of anilines is 1. The predicted molar refractivity (Wildman–Crippen MR) is 153 cm³/mol. The number of amides is 1. The van der Waals surface area contributed by atoms with Crippen LogP contribution in [0, 0.1) is 25.1 Å². The van der Waals surface area contributed by atoms with Crippen molar-refractivity contribution in [2.75, 3.05) is 31.1 Å². The van der Waals surface area contributed by atoms with Crippen LogP contribution >= 0.6 is 0 Å². The van der Waals surface area contributed by atoms with Gasteiger partial charge in [-0.15, -0.1) is 6.42 Å². The highest BCUT2D eigenvalue weighted by Gasteiger charge is 2.24. The Morgan fingerprint density at radius 3 is 2.56 bits per heavy atom. The number of aromatic nitrogens is 1. The van der Waals surface area contributed by atoms with E-state index in [-0.39, 0.29) is 23.5 Å². The Morgan fingerprint density at radius 2 is 1.90 bits per heavy atom. The van der Waals surface area contributed by atoms with Crippen molar-refractivity contribution in [2.24, 2.45) is 0 Å². The molecule has 2 heterocycles. The third kappa shape index (κ3) is 5.70. The molecular weight excluding hydrogens is 496 g/mol. The summed E-state index contributed by atoms with van der Waals surface area (Å²) in [5.74, 6) is 1.01. The van der Waals surface area contributed by atoms with E-state index in [1.54, 1.807) is 15.5 Å². The molecular formula is C32H31F2N3O2. The zero-order chi connectivity index (χ0) is 28.1. The number of rotatable bonds is 7. The highest BCUT2D eigenvalue weighted by molar-refractivity contribution is 5.94. The molecule has 1 aliphatic rings. The number of carbonyl (C=O) groups excluding carboxylic acids is 1. The van der Waals surface area contributed by atoms with Crippen LogP contribution in [-0.4, -0.2) is 41.6 Å². The molecule has 1 saturated heterocycles. The zero-order valence-corrected chi connectivity index (χ0v) is 22.2. The lowest BCUT2D eigenvalue weighted by molar-refractivity contribution is -0.126. The average molecular weight is 528 g/mol. The topological polar surface area (TPSA) is 45.6 Å². The van der Waals surface area contributed by atoms with Gasteiger partial charge in [0.05, 0.1) is 16.9 Å². The zero-order valence-electron chi connectivity index (χ0n) is 22.2. The number of halogens is 2. The molecule has 5 nitrogen and oxygen atoms in total.